The fourth-order valence-corrected chi connectivity index (χ4v) is 2.56. The summed E-state index contributed by atoms with van der Waals surface area (Å²) in [4.78, 5) is 24.5. The van der Waals surface area contributed by atoms with Gasteiger partial charge in [0.2, 0.25) is 5.91 Å². The summed E-state index contributed by atoms with van der Waals surface area (Å²) < 4.78 is 10.8. The minimum absolute atomic E-state index is 0.0100. The summed E-state index contributed by atoms with van der Waals surface area (Å²) in [5.41, 5.74) is -0.462. The van der Waals surface area contributed by atoms with Crippen LogP contribution in [0.4, 0.5) is 0 Å². The van der Waals surface area contributed by atoms with E-state index in [1.165, 1.54) is 0 Å². The molecule has 2 atom stereocenters. The highest BCUT2D eigenvalue weighted by atomic mass is 16.5. The Hall–Kier alpha value is -1.14. The van der Waals surface area contributed by atoms with Crippen molar-refractivity contribution in [2.24, 2.45) is 5.92 Å². The molecule has 1 amide bonds. The summed E-state index contributed by atoms with van der Waals surface area (Å²) in [5.74, 6) is -1.28. The molecule has 0 spiro atoms. The SMILES string of the molecule is COC1(CN2CC(C(=O)O)CCC2=O)CCOC1. The van der Waals surface area contributed by atoms with Gasteiger partial charge in [0.05, 0.1) is 19.1 Å². The van der Waals surface area contributed by atoms with E-state index in [0.717, 1.165) is 6.42 Å². The number of nitrogens with zero attached hydrogens (tertiary/aromatic N) is 1. The Balaban J connectivity index is 2.01. The lowest BCUT2D eigenvalue weighted by Gasteiger charge is -2.37. The molecule has 1 N–H and O–H groups in total. The van der Waals surface area contributed by atoms with Crippen LogP contribution in [0.15, 0.2) is 0 Å². The molecule has 0 aromatic rings. The van der Waals surface area contributed by atoms with E-state index in [2.05, 4.69) is 0 Å². The van der Waals surface area contributed by atoms with E-state index >= 15 is 0 Å². The Labute approximate surface area is 106 Å². The van der Waals surface area contributed by atoms with E-state index < -0.39 is 17.5 Å². The molecule has 6 nitrogen and oxygen atoms in total. The van der Waals surface area contributed by atoms with Crippen LogP contribution in [0.25, 0.3) is 0 Å². The highest BCUT2D eigenvalue weighted by molar-refractivity contribution is 5.80. The summed E-state index contributed by atoms with van der Waals surface area (Å²) in [6, 6.07) is 0. The smallest absolute Gasteiger partial charge is 0.308 e. The van der Waals surface area contributed by atoms with Gasteiger partial charge in [0.1, 0.15) is 5.60 Å². The van der Waals surface area contributed by atoms with Crippen molar-refractivity contribution in [3.05, 3.63) is 0 Å². The van der Waals surface area contributed by atoms with Crippen LogP contribution in [0.2, 0.25) is 0 Å². The number of carboxylic acids is 1. The van der Waals surface area contributed by atoms with Crippen LogP contribution in [0, 0.1) is 5.92 Å². The Bertz CT molecular complexity index is 337. The minimum atomic E-state index is -0.832. The maximum Gasteiger partial charge on any atom is 0.308 e. The largest absolute Gasteiger partial charge is 0.481 e. The van der Waals surface area contributed by atoms with Crippen molar-refractivity contribution in [1.82, 2.24) is 4.90 Å². The molecule has 0 saturated carbocycles. The van der Waals surface area contributed by atoms with Crippen molar-refractivity contribution >= 4 is 11.9 Å². The van der Waals surface area contributed by atoms with E-state index in [1.54, 1.807) is 12.0 Å². The number of methoxy groups -OCH3 is 1. The lowest BCUT2D eigenvalue weighted by atomic mass is 9.95. The molecule has 2 heterocycles. The zero-order valence-electron chi connectivity index (χ0n) is 10.6. The fourth-order valence-electron chi connectivity index (χ4n) is 2.56. The Morgan fingerprint density at radius 1 is 1.67 bits per heavy atom. The number of likely N-dealkylation sites (tertiary alicyclic amines) is 1. The highest BCUT2D eigenvalue weighted by Crippen LogP contribution is 2.27. The Kier molecular flexibility index (Phi) is 3.87. The lowest BCUT2D eigenvalue weighted by molar-refractivity contribution is -0.150. The second-order valence-electron chi connectivity index (χ2n) is 5.04. The van der Waals surface area contributed by atoms with E-state index in [0.29, 0.717) is 32.6 Å². The number of amides is 1. The molecule has 0 aromatic heterocycles. The van der Waals surface area contributed by atoms with Gasteiger partial charge in [-0.05, 0) is 6.42 Å². The number of carbonyl (C=O) groups excluding carboxylic acids is 1. The van der Waals surface area contributed by atoms with Crippen LogP contribution < -0.4 is 0 Å². The van der Waals surface area contributed by atoms with Gasteiger partial charge >= 0.3 is 5.97 Å². The quantitative estimate of drug-likeness (QED) is 0.774. The van der Waals surface area contributed by atoms with Crippen LogP contribution >= 0.6 is 0 Å². The van der Waals surface area contributed by atoms with Crippen LogP contribution in [0.5, 0.6) is 0 Å². The predicted molar refractivity (Wildman–Crippen MR) is 62.1 cm³/mol. The number of aliphatic carboxylic acids is 1. The zero-order chi connectivity index (χ0) is 13.2. The van der Waals surface area contributed by atoms with Gasteiger partial charge < -0.3 is 19.5 Å². The standard InChI is InChI=1S/C12H19NO5/c1-17-12(4-5-18-8-12)7-13-6-9(11(15)16)2-3-10(13)14/h9H,2-8H2,1H3,(H,15,16). The number of carboxylic acid groups (broad SMARTS) is 1. The monoisotopic (exact) mass is 257 g/mol. The van der Waals surface area contributed by atoms with Crippen molar-refractivity contribution in [1.29, 1.82) is 0 Å². The first-order valence-electron chi connectivity index (χ1n) is 6.20. The molecule has 2 aliphatic rings. The van der Waals surface area contributed by atoms with E-state index in [1.807, 2.05) is 0 Å². The topological polar surface area (TPSA) is 76.1 Å². The minimum Gasteiger partial charge on any atom is -0.481 e. The summed E-state index contributed by atoms with van der Waals surface area (Å²) in [6.07, 6.45) is 1.48. The van der Waals surface area contributed by atoms with Crippen LogP contribution in [0.1, 0.15) is 19.3 Å². The van der Waals surface area contributed by atoms with Crippen LogP contribution in [0.3, 0.4) is 0 Å². The second kappa shape index (κ2) is 5.24. The molecule has 0 aliphatic carbocycles. The molecular weight excluding hydrogens is 238 g/mol. The molecule has 0 radical (unpaired) electrons. The van der Waals surface area contributed by atoms with Crippen molar-refractivity contribution in [2.45, 2.75) is 24.9 Å². The number of piperidine rings is 1. The molecule has 2 fully saturated rings. The average molecular weight is 257 g/mol. The molecule has 2 saturated heterocycles. The third-order valence-corrected chi connectivity index (χ3v) is 3.83. The maximum atomic E-state index is 11.8. The summed E-state index contributed by atoms with van der Waals surface area (Å²) in [7, 11) is 1.61. The summed E-state index contributed by atoms with van der Waals surface area (Å²) in [6.45, 7) is 1.79. The van der Waals surface area contributed by atoms with Gasteiger partial charge in [-0.25, -0.2) is 0 Å². The molecule has 2 unspecified atom stereocenters. The maximum absolute atomic E-state index is 11.8. The average Bonchev–Trinajstić information content (AvgIpc) is 2.81. The highest BCUT2D eigenvalue weighted by Gasteiger charge is 2.40. The van der Waals surface area contributed by atoms with Gasteiger partial charge in [0, 0.05) is 33.1 Å². The summed E-state index contributed by atoms with van der Waals surface area (Å²) in [5, 5.41) is 9.03. The van der Waals surface area contributed by atoms with Crippen molar-refractivity contribution < 1.29 is 24.2 Å². The third kappa shape index (κ3) is 2.64. The molecule has 102 valence electrons. The molecule has 2 rings (SSSR count). The number of hydrogen-bond donors (Lipinski definition) is 1. The fraction of sp³-hybridized carbons (Fsp3) is 0.833. The molecule has 0 aromatic carbocycles. The van der Waals surface area contributed by atoms with Gasteiger partial charge in [-0.3, -0.25) is 9.59 Å². The van der Waals surface area contributed by atoms with Gasteiger partial charge in [-0.1, -0.05) is 0 Å². The normalized spacial score (nSPS) is 32.8. The Morgan fingerprint density at radius 2 is 2.44 bits per heavy atom. The summed E-state index contributed by atoms with van der Waals surface area (Å²) >= 11 is 0. The van der Waals surface area contributed by atoms with E-state index in [-0.39, 0.29) is 12.5 Å². The zero-order valence-corrected chi connectivity index (χ0v) is 10.6. The number of rotatable bonds is 4. The van der Waals surface area contributed by atoms with E-state index in [9.17, 15) is 9.59 Å². The number of hydrogen-bond acceptors (Lipinski definition) is 4. The van der Waals surface area contributed by atoms with Crippen molar-refractivity contribution in [3.8, 4) is 0 Å². The van der Waals surface area contributed by atoms with Gasteiger partial charge in [-0.15, -0.1) is 0 Å². The molecule has 0 bridgehead atoms. The predicted octanol–water partition coefficient (Wildman–Crippen LogP) is 0.115. The van der Waals surface area contributed by atoms with E-state index in [4.69, 9.17) is 14.6 Å². The number of ether oxygens (including phenoxy) is 2. The first-order valence-corrected chi connectivity index (χ1v) is 6.20. The molecular formula is C12H19NO5. The molecule has 2 aliphatic heterocycles. The second-order valence-corrected chi connectivity index (χ2v) is 5.04. The Morgan fingerprint density at radius 3 is 3.00 bits per heavy atom. The molecule has 6 heteroatoms. The molecule has 18 heavy (non-hydrogen) atoms. The van der Waals surface area contributed by atoms with Gasteiger partial charge in [-0.2, -0.15) is 0 Å². The first-order chi connectivity index (χ1) is 8.56. The van der Waals surface area contributed by atoms with Gasteiger partial charge in [0.15, 0.2) is 0 Å². The van der Waals surface area contributed by atoms with Crippen molar-refractivity contribution in [2.75, 3.05) is 33.4 Å². The van der Waals surface area contributed by atoms with Crippen LogP contribution in [-0.2, 0) is 19.1 Å². The first kappa shape index (κ1) is 13.3. The lowest BCUT2D eigenvalue weighted by Crippen LogP contribution is -2.51. The number of carbonyl (C=O) groups is 2. The van der Waals surface area contributed by atoms with Crippen LogP contribution in [-0.4, -0.2) is 60.9 Å². The van der Waals surface area contributed by atoms with Gasteiger partial charge in [0.25, 0.3) is 0 Å². The third-order valence-electron chi connectivity index (χ3n) is 3.83. The van der Waals surface area contributed by atoms with Crippen molar-refractivity contribution in [3.63, 3.8) is 0 Å².